The van der Waals surface area contributed by atoms with E-state index in [4.69, 9.17) is 0 Å². The topological polar surface area (TPSA) is 38.3 Å². The molecule has 0 aliphatic carbocycles. The second kappa shape index (κ2) is 3.27. The Morgan fingerprint density at radius 2 is 2.50 bits per heavy atom. The third kappa shape index (κ3) is 2.31. The predicted molar refractivity (Wildman–Crippen MR) is 22.7 cm³/mol. The first-order valence-electron chi connectivity index (χ1n) is 1.36. The van der Waals surface area contributed by atoms with Gasteiger partial charge in [0.1, 0.15) is 0 Å². The summed E-state index contributed by atoms with van der Waals surface area (Å²) in [6.07, 6.45) is -0.350. The molecule has 1 N–H and O–H groups in total. The molecular formula is C2H5NO2Sn. The van der Waals surface area contributed by atoms with Crippen molar-refractivity contribution in [2.24, 2.45) is 0 Å². The first kappa shape index (κ1) is 6.07. The van der Waals surface area contributed by atoms with E-state index in [9.17, 15) is 4.79 Å². The summed E-state index contributed by atoms with van der Waals surface area (Å²) in [5, 5.41) is 0. The van der Waals surface area contributed by atoms with Crippen LogP contribution in [0.3, 0.4) is 0 Å². The molecule has 0 aromatic rings. The Kier molecular flexibility index (Phi) is 3.30. The van der Waals surface area contributed by atoms with Crippen molar-refractivity contribution >= 4 is 28.9 Å². The number of carbonyl (C=O) groups is 1. The quantitative estimate of drug-likeness (QED) is 0.510. The van der Waals surface area contributed by atoms with Crippen LogP contribution in [-0.4, -0.2) is 36.0 Å². The molecule has 6 heavy (non-hydrogen) atoms. The van der Waals surface area contributed by atoms with E-state index in [1.807, 2.05) is 0 Å². The number of rotatable bonds is 0. The number of hydrogen-bond donors (Lipinski definition) is 1. The Morgan fingerprint density at radius 1 is 2.00 bits per heavy atom. The van der Waals surface area contributed by atoms with E-state index in [1.165, 1.54) is 7.11 Å². The minimum atomic E-state index is -0.350. The molecule has 2 radical (unpaired) electrons. The van der Waals surface area contributed by atoms with Crippen molar-refractivity contribution in [3.05, 3.63) is 0 Å². The van der Waals surface area contributed by atoms with Crippen molar-refractivity contribution in [3.8, 4) is 0 Å². The van der Waals surface area contributed by atoms with Crippen LogP contribution in [0.2, 0.25) is 0 Å². The standard InChI is InChI=1S/C2H5NO2.Sn.H/c1-5-2(3)4;;/h1H3,(H2,3,4);;/q;+1;/p-1. The molecule has 0 fully saturated rings. The Labute approximate surface area is 49.5 Å². The van der Waals surface area contributed by atoms with Gasteiger partial charge in [0.25, 0.3) is 0 Å². The molecule has 0 saturated carbocycles. The van der Waals surface area contributed by atoms with Crippen molar-refractivity contribution in [2.75, 3.05) is 7.11 Å². The second-order valence-electron chi connectivity index (χ2n) is 0.636. The molecule has 0 unspecified atom stereocenters. The SMILES string of the molecule is COC(=O)[NH][SnH]. The molecule has 0 aromatic carbocycles. The Morgan fingerprint density at radius 3 is 2.50 bits per heavy atom. The molecule has 0 rings (SSSR count). The minimum absolute atomic E-state index is 0.350. The summed E-state index contributed by atoms with van der Waals surface area (Å²) in [4.78, 5) is 9.88. The van der Waals surface area contributed by atoms with Crippen LogP contribution in [0.4, 0.5) is 4.79 Å². The van der Waals surface area contributed by atoms with Gasteiger partial charge in [0.05, 0.1) is 0 Å². The van der Waals surface area contributed by atoms with Gasteiger partial charge in [0.15, 0.2) is 0 Å². The van der Waals surface area contributed by atoms with Crippen molar-refractivity contribution in [1.29, 1.82) is 0 Å². The molecule has 34 valence electrons. The molecule has 0 bridgehead atoms. The van der Waals surface area contributed by atoms with Gasteiger partial charge in [-0.3, -0.25) is 0 Å². The van der Waals surface area contributed by atoms with Gasteiger partial charge in [-0.1, -0.05) is 0 Å². The Bertz CT molecular complexity index is 49.5. The van der Waals surface area contributed by atoms with E-state index in [0.717, 1.165) is 0 Å². The average Bonchev–Trinajstić information content (AvgIpc) is 1.65. The van der Waals surface area contributed by atoms with Crippen LogP contribution in [0.25, 0.3) is 0 Å². The zero-order valence-electron chi connectivity index (χ0n) is 3.39. The fourth-order valence-electron chi connectivity index (χ4n) is 0.0589. The molecule has 0 saturated heterocycles. The number of amides is 1. The van der Waals surface area contributed by atoms with E-state index in [0.29, 0.717) is 22.8 Å². The van der Waals surface area contributed by atoms with Crippen LogP contribution in [-0.2, 0) is 4.74 Å². The zero-order chi connectivity index (χ0) is 4.99. The van der Waals surface area contributed by atoms with E-state index in [-0.39, 0.29) is 6.09 Å². The van der Waals surface area contributed by atoms with Crippen LogP contribution in [0.15, 0.2) is 0 Å². The molecule has 4 heteroatoms. The van der Waals surface area contributed by atoms with Gasteiger partial charge in [0, 0.05) is 0 Å². The van der Waals surface area contributed by atoms with Crippen molar-refractivity contribution in [3.63, 3.8) is 0 Å². The molecule has 0 aromatic heterocycles. The first-order chi connectivity index (χ1) is 2.81. The Balaban J connectivity index is 2.99. The number of nitrogens with one attached hydrogen (secondary N) is 1. The summed E-state index contributed by atoms with van der Waals surface area (Å²) in [6.45, 7) is 0. The maximum atomic E-state index is 9.88. The number of hydrogen-bond acceptors (Lipinski definition) is 2. The molecule has 0 atom stereocenters. The van der Waals surface area contributed by atoms with E-state index in [2.05, 4.69) is 8.28 Å². The van der Waals surface area contributed by atoms with Crippen LogP contribution < -0.4 is 3.54 Å². The normalized spacial score (nSPS) is 7.00. The van der Waals surface area contributed by atoms with Crippen LogP contribution in [0.1, 0.15) is 0 Å². The monoisotopic (exact) mass is 195 g/mol. The number of methoxy groups -OCH3 is 1. The van der Waals surface area contributed by atoms with Gasteiger partial charge in [0.2, 0.25) is 0 Å². The van der Waals surface area contributed by atoms with Crippen molar-refractivity contribution in [1.82, 2.24) is 3.54 Å². The average molecular weight is 194 g/mol. The van der Waals surface area contributed by atoms with Crippen molar-refractivity contribution in [2.45, 2.75) is 0 Å². The molecule has 0 spiro atoms. The van der Waals surface area contributed by atoms with Gasteiger partial charge in [-0.2, -0.15) is 0 Å². The van der Waals surface area contributed by atoms with Crippen LogP contribution in [0.5, 0.6) is 0 Å². The molecule has 1 amide bonds. The summed E-state index contributed by atoms with van der Waals surface area (Å²) >= 11 is 0.712. The third-order valence-electron chi connectivity index (χ3n) is 0.303. The predicted octanol–water partition coefficient (Wildman–Crippen LogP) is -0.842. The summed E-state index contributed by atoms with van der Waals surface area (Å²) < 4.78 is 6.57. The van der Waals surface area contributed by atoms with Gasteiger partial charge in [-0.25, -0.2) is 0 Å². The van der Waals surface area contributed by atoms with Crippen molar-refractivity contribution < 1.29 is 9.53 Å². The van der Waals surface area contributed by atoms with E-state index in [1.54, 1.807) is 0 Å². The summed E-state index contributed by atoms with van der Waals surface area (Å²) in [6, 6.07) is 0. The summed E-state index contributed by atoms with van der Waals surface area (Å²) in [5.41, 5.74) is 0. The van der Waals surface area contributed by atoms with E-state index >= 15 is 0 Å². The fraction of sp³-hybridized carbons (Fsp3) is 0.500. The van der Waals surface area contributed by atoms with Gasteiger partial charge in [-0.05, 0) is 0 Å². The summed E-state index contributed by atoms with van der Waals surface area (Å²) in [7, 11) is 1.34. The molecule has 3 nitrogen and oxygen atoms in total. The fourth-order valence-corrected chi connectivity index (χ4v) is 0.395. The van der Waals surface area contributed by atoms with Crippen LogP contribution >= 0.6 is 0 Å². The second-order valence-corrected chi connectivity index (χ2v) is 1.46. The zero-order valence-corrected chi connectivity index (χ0v) is 6.69. The molecule has 0 aliphatic rings. The summed E-state index contributed by atoms with van der Waals surface area (Å²) in [5.74, 6) is 0. The first-order valence-corrected chi connectivity index (χ1v) is 3.00. The molecule has 0 aliphatic heterocycles. The van der Waals surface area contributed by atoms with E-state index < -0.39 is 0 Å². The number of ether oxygens (including phenoxy) is 1. The molecule has 0 heterocycles. The number of carbonyl (C=O) groups excluding carboxylic acids is 1. The maximum absolute atomic E-state index is 9.88. The Hall–Kier alpha value is 0.0687. The van der Waals surface area contributed by atoms with Crippen LogP contribution in [0, 0.1) is 0 Å². The van der Waals surface area contributed by atoms with Gasteiger partial charge in [-0.15, -0.1) is 0 Å². The van der Waals surface area contributed by atoms with Gasteiger partial charge < -0.3 is 0 Å². The third-order valence-corrected chi connectivity index (χ3v) is 0.976. The van der Waals surface area contributed by atoms with Gasteiger partial charge >= 0.3 is 49.1 Å². The molecular weight excluding hydrogens is 189 g/mol.